The molecular formula is C18H19N5O2. The number of rotatable bonds is 3. The summed E-state index contributed by atoms with van der Waals surface area (Å²) in [7, 11) is 1.98. The van der Waals surface area contributed by atoms with Crippen molar-refractivity contribution >= 4 is 5.91 Å². The maximum absolute atomic E-state index is 13.1. The molecule has 1 amide bonds. The zero-order valence-corrected chi connectivity index (χ0v) is 13.9. The van der Waals surface area contributed by atoms with Gasteiger partial charge in [0.25, 0.3) is 5.91 Å². The fourth-order valence-corrected chi connectivity index (χ4v) is 3.16. The lowest BCUT2D eigenvalue weighted by Crippen LogP contribution is -2.44. The Hall–Kier alpha value is -2.93. The molecule has 0 aromatic carbocycles. The highest BCUT2D eigenvalue weighted by molar-refractivity contribution is 5.93. The lowest BCUT2D eigenvalue weighted by molar-refractivity contribution is -0.00494. The molecule has 1 fully saturated rings. The Balaban J connectivity index is 1.65. The van der Waals surface area contributed by atoms with Gasteiger partial charge in [0.2, 0.25) is 0 Å². The van der Waals surface area contributed by atoms with E-state index in [0.717, 1.165) is 11.4 Å². The molecule has 7 heteroatoms. The number of hydrogen-bond acceptors (Lipinski definition) is 4. The maximum Gasteiger partial charge on any atom is 0.273 e. The van der Waals surface area contributed by atoms with Crippen molar-refractivity contribution in [3.05, 3.63) is 66.5 Å². The fourth-order valence-electron chi connectivity index (χ4n) is 3.16. The summed E-state index contributed by atoms with van der Waals surface area (Å²) in [5.74, 6) is -0.0940. The average Bonchev–Trinajstić information content (AvgIpc) is 3.33. The Labute approximate surface area is 145 Å². The molecule has 1 atom stereocenters. The van der Waals surface area contributed by atoms with Gasteiger partial charge in [-0.1, -0.05) is 0 Å². The van der Waals surface area contributed by atoms with Crippen molar-refractivity contribution in [1.82, 2.24) is 24.2 Å². The second kappa shape index (κ2) is 6.52. The summed E-state index contributed by atoms with van der Waals surface area (Å²) in [6.07, 6.45) is 7.16. The number of pyridine rings is 1. The van der Waals surface area contributed by atoms with Crippen molar-refractivity contribution < 1.29 is 9.53 Å². The average molecular weight is 337 g/mol. The van der Waals surface area contributed by atoms with Crippen molar-refractivity contribution in [1.29, 1.82) is 0 Å². The van der Waals surface area contributed by atoms with Gasteiger partial charge in [0.05, 0.1) is 24.9 Å². The molecule has 0 aliphatic carbocycles. The van der Waals surface area contributed by atoms with Crippen molar-refractivity contribution in [2.45, 2.75) is 6.04 Å². The summed E-state index contributed by atoms with van der Waals surface area (Å²) in [6, 6.07) is 9.33. The lowest BCUT2D eigenvalue weighted by atomic mass is 10.1. The first-order valence-corrected chi connectivity index (χ1v) is 8.20. The van der Waals surface area contributed by atoms with E-state index in [1.807, 2.05) is 53.2 Å². The highest BCUT2D eigenvalue weighted by Gasteiger charge is 2.31. The van der Waals surface area contributed by atoms with E-state index in [1.54, 1.807) is 23.1 Å². The molecule has 0 N–H and O–H groups in total. The van der Waals surface area contributed by atoms with Gasteiger partial charge in [0.15, 0.2) is 0 Å². The minimum Gasteiger partial charge on any atom is -0.377 e. The van der Waals surface area contributed by atoms with Gasteiger partial charge in [-0.2, -0.15) is 5.10 Å². The molecule has 0 radical (unpaired) electrons. The van der Waals surface area contributed by atoms with Gasteiger partial charge in [-0.15, -0.1) is 0 Å². The monoisotopic (exact) mass is 337 g/mol. The third-order valence-corrected chi connectivity index (χ3v) is 4.45. The van der Waals surface area contributed by atoms with E-state index in [2.05, 4.69) is 10.1 Å². The van der Waals surface area contributed by atoms with Crippen LogP contribution in [0.15, 0.2) is 55.1 Å². The Morgan fingerprint density at radius 1 is 1.24 bits per heavy atom. The molecule has 3 aromatic rings. The number of ether oxygens (including phenoxy) is 1. The third-order valence-electron chi connectivity index (χ3n) is 4.45. The minimum absolute atomic E-state index is 0.0940. The highest BCUT2D eigenvalue weighted by atomic mass is 16.5. The summed E-state index contributed by atoms with van der Waals surface area (Å²) in [5, 5.41) is 4.21. The Morgan fingerprint density at radius 2 is 2.16 bits per heavy atom. The van der Waals surface area contributed by atoms with Gasteiger partial charge in [-0.3, -0.25) is 9.78 Å². The molecule has 4 heterocycles. The van der Waals surface area contributed by atoms with Crippen molar-refractivity contribution in [3.63, 3.8) is 0 Å². The zero-order valence-electron chi connectivity index (χ0n) is 13.9. The van der Waals surface area contributed by atoms with Crippen molar-refractivity contribution in [2.24, 2.45) is 7.05 Å². The van der Waals surface area contributed by atoms with Crippen LogP contribution >= 0.6 is 0 Å². The van der Waals surface area contributed by atoms with E-state index in [-0.39, 0.29) is 11.9 Å². The molecule has 25 heavy (non-hydrogen) atoms. The molecule has 0 bridgehead atoms. The highest BCUT2D eigenvalue weighted by Crippen LogP contribution is 2.26. The molecule has 1 saturated heterocycles. The summed E-state index contributed by atoms with van der Waals surface area (Å²) >= 11 is 0. The normalized spacial score (nSPS) is 17.6. The SMILES string of the molecule is Cn1cccc1C1COCCN1C(=O)c1cc(-n2cccn2)ccn1. The maximum atomic E-state index is 13.1. The summed E-state index contributed by atoms with van der Waals surface area (Å²) < 4.78 is 9.35. The summed E-state index contributed by atoms with van der Waals surface area (Å²) in [5.41, 5.74) is 2.28. The van der Waals surface area contributed by atoms with Crippen molar-refractivity contribution in [2.75, 3.05) is 19.8 Å². The van der Waals surface area contributed by atoms with Crippen LogP contribution in [-0.2, 0) is 11.8 Å². The van der Waals surface area contributed by atoms with Crippen LogP contribution in [0.4, 0.5) is 0 Å². The molecule has 0 spiro atoms. The zero-order chi connectivity index (χ0) is 17.2. The molecule has 1 aliphatic rings. The quantitative estimate of drug-likeness (QED) is 0.731. The smallest absolute Gasteiger partial charge is 0.273 e. The Morgan fingerprint density at radius 3 is 2.92 bits per heavy atom. The van der Waals surface area contributed by atoms with E-state index in [1.165, 1.54) is 0 Å². The Bertz CT molecular complexity index is 871. The summed E-state index contributed by atoms with van der Waals surface area (Å²) in [4.78, 5) is 19.2. The Kier molecular flexibility index (Phi) is 4.07. The van der Waals surface area contributed by atoms with Crippen LogP contribution < -0.4 is 0 Å². The van der Waals surface area contributed by atoms with Crippen LogP contribution in [0.1, 0.15) is 22.2 Å². The second-order valence-electron chi connectivity index (χ2n) is 5.98. The van der Waals surface area contributed by atoms with Crippen LogP contribution in [0.25, 0.3) is 5.69 Å². The standard InChI is InChI=1S/C18H19N5O2/c1-21-8-2-4-16(21)17-13-25-11-10-22(17)18(24)15-12-14(5-7-19-15)23-9-3-6-20-23/h2-9,12,17H,10-11,13H2,1H3. The molecule has 0 saturated carbocycles. The third kappa shape index (κ3) is 2.94. The van der Waals surface area contributed by atoms with Gasteiger partial charge in [0.1, 0.15) is 5.69 Å². The number of hydrogen-bond donors (Lipinski definition) is 0. The van der Waals surface area contributed by atoms with Crippen molar-refractivity contribution in [3.8, 4) is 5.69 Å². The molecule has 3 aromatic heterocycles. The molecular weight excluding hydrogens is 318 g/mol. The van der Waals surface area contributed by atoms with E-state index in [4.69, 9.17) is 4.74 Å². The lowest BCUT2D eigenvalue weighted by Gasteiger charge is -2.35. The fraction of sp³-hybridized carbons (Fsp3) is 0.278. The first-order valence-electron chi connectivity index (χ1n) is 8.20. The van der Waals surface area contributed by atoms with Crippen LogP contribution in [0, 0.1) is 0 Å². The van der Waals surface area contributed by atoms with Gasteiger partial charge in [-0.25, -0.2) is 4.68 Å². The van der Waals surface area contributed by atoms with E-state index in [0.29, 0.717) is 25.5 Å². The van der Waals surface area contributed by atoms with Crippen LogP contribution in [0.2, 0.25) is 0 Å². The predicted octanol–water partition coefficient (Wildman–Crippen LogP) is 1.82. The minimum atomic E-state index is -0.114. The van der Waals surface area contributed by atoms with E-state index in [9.17, 15) is 4.79 Å². The van der Waals surface area contributed by atoms with Gasteiger partial charge in [-0.05, 0) is 30.3 Å². The largest absolute Gasteiger partial charge is 0.377 e. The number of amides is 1. The van der Waals surface area contributed by atoms with Gasteiger partial charge >= 0.3 is 0 Å². The van der Waals surface area contributed by atoms with Gasteiger partial charge in [0, 0.05) is 44.1 Å². The number of morpholine rings is 1. The van der Waals surface area contributed by atoms with Crippen LogP contribution in [0.3, 0.4) is 0 Å². The molecule has 128 valence electrons. The molecule has 1 aliphatic heterocycles. The number of carbonyl (C=O) groups excluding carboxylic acids is 1. The second-order valence-corrected chi connectivity index (χ2v) is 5.98. The van der Waals surface area contributed by atoms with Crippen LogP contribution in [0.5, 0.6) is 0 Å². The number of nitrogens with zero attached hydrogens (tertiary/aromatic N) is 5. The van der Waals surface area contributed by atoms with E-state index < -0.39 is 0 Å². The summed E-state index contributed by atoms with van der Waals surface area (Å²) in [6.45, 7) is 1.57. The van der Waals surface area contributed by atoms with Crippen LogP contribution in [-0.4, -0.2) is 49.9 Å². The molecule has 4 rings (SSSR count). The molecule has 1 unspecified atom stereocenters. The number of carbonyl (C=O) groups is 1. The number of aryl methyl sites for hydroxylation is 1. The first-order chi connectivity index (χ1) is 12.2. The predicted molar refractivity (Wildman–Crippen MR) is 91.4 cm³/mol. The number of aromatic nitrogens is 4. The van der Waals surface area contributed by atoms with Gasteiger partial charge < -0.3 is 14.2 Å². The molecule has 7 nitrogen and oxygen atoms in total. The first kappa shape index (κ1) is 15.6. The van der Waals surface area contributed by atoms with E-state index >= 15 is 0 Å². The topological polar surface area (TPSA) is 65.2 Å².